The molecule has 122 valence electrons. The predicted octanol–water partition coefficient (Wildman–Crippen LogP) is 3.00. The van der Waals surface area contributed by atoms with Gasteiger partial charge >= 0.3 is 0 Å². The van der Waals surface area contributed by atoms with Crippen molar-refractivity contribution in [3.63, 3.8) is 0 Å². The maximum atomic E-state index is 13.1. The number of rotatable bonds is 3. The standard InChI is InChI=1S/C17H20N2O3S/c1-12-10-16(18-22-12)17-6-3-9-19(17)23(20,21)15-8-7-13-4-2-5-14(13)11-15/h7-8,10-11,17H,2-6,9H2,1H3/t17-/m1/s1. The van der Waals surface area contributed by atoms with Crippen molar-refractivity contribution >= 4 is 10.0 Å². The molecule has 1 aromatic heterocycles. The van der Waals surface area contributed by atoms with Crippen LogP contribution in [-0.4, -0.2) is 24.4 Å². The van der Waals surface area contributed by atoms with Crippen molar-refractivity contribution in [2.75, 3.05) is 6.54 Å². The molecule has 0 N–H and O–H groups in total. The smallest absolute Gasteiger partial charge is 0.243 e. The van der Waals surface area contributed by atoms with Crippen LogP contribution < -0.4 is 0 Å². The zero-order valence-corrected chi connectivity index (χ0v) is 14.0. The van der Waals surface area contributed by atoms with Gasteiger partial charge in [0.25, 0.3) is 0 Å². The maximum Gasteiger partial charge on any atom is 0.243 e. The molecule has 0 amide bonds. The van der Waals surface area contributed by atoms with E-state index in [2.05, 4.69) is 5.16 Å². The lowest BCUT2D eigenvalue weighted by atomic mass is 10.1. The van der Waals surface area contributed by atoms with Gasteiger partial charge in [-0.25, -0.2) is 8.42 Å². The summed E-state index contributed by atoms with van der Waals surface area (Å²) < 4.78 is 32.9. The number of nitrogens with zero attached hydrogens (tertiary/aromatic N) is 2. The molecule has 5 nitrogen and oxygen atoms in total. The lowest BCUT2D eigenvalue weighted by Crippen LogP contribution is -2.31. The van der Waals surface area contributed by atoms with Crippen LogP contribution in [0.15, 0.2) is 33.7 Å². The van der Waals surface area contributed by atoms with E-state index in [4.69, 9.17) is 4.52 Å². The molecule has 0 radical (unpaired) electrons. The second kappa shape index (κ2) is 5.46. The number of sulfonamides is 1. The Bertz CT molecular complexity index is 841. The summed E-state index contributed by atoms with van der Waals surface area (Å²) in [4.78, 5) is 0.408. The van der Waals surface area contributed by atoms with Gasteiger partial charge in [-0.1, -0.05) is 11.2 Å². The fraction of sp³-hybridized carbons (Fsp3) is 0.471. The average molecular weight is 332 g/mol. The summed E-state index contributed by atoms with van der Waals surface area (Å²) >= 11 is 0. The first-order valence-electron chi connectivity index (χ1n) is 8.12. The van der Waals surface area contributed by atoms with Gasteiger partial charge in [0, 0.05) is 12.6 Å². The summed E-state index contributed by atoms with van der Waals surface area (Å²) in [5.74, 6) is 0.710. The predicted molar refractivity (Wildman–Crippen MR) is 85.6 cm³/mol. The van der Waals surface area contributed by atoms with Crippen LogP contribution in [0.4, 0.5) is 0 Å². The Balaban J connectivity index is 1.70. The summed E-state index contributed by atoms with van der Waals surface area (Å²) in [7, 11) is -3.50. The second-order valence-corrected chi connectivity index (χ2v) is 8.31. The lowest BCUT2D eigenvalue weighted by Gasteiger charge is -2.22. The van der Waals surface area contributed by atoms with Crippen molar-refractivity contribution in [2.24, 2.45) is 0 Å². The summed E-state index contributed by atoms with van der Waals surface area (Å²) in [5, 5.41) is 4.03. The number of benzene rings is 1. The molecule has 1 aliphatic heterocycles. The van der Waals surface area contributed by atoms with Crippen molar-refractivity contribution in [3.8, 4) is 0 Å². The van der Waals surface area contributed by atoms with Gasteiger partial charge in [0.2, 0.25) is 10.0 Å². The van der Waals surface area contributed by atoms with Crippen LogP contribution >= 0.6 is 0 Å². The summed E-state index contributed by atoms with van der Waals surface area (Å²) in [6.45, 7) is 2.36. The van der Waals surface area contributed by atoms with E-state index < -0.39 is 10.0 Å². The van der Waals surface area contributed by atoms with Crippen molar-refractivity contribution in [3.05, 3.63) is 46.8 Å². The highest BCUT2D eigenvalue weighted by Crippen LogP contribution is 2.37. The van der Waals surface area contributed by atoms with E-state index in [-0.39, 0.29) is 6.04 Å². The third kappa shape index (κ3) is 2.50. The molecule has 2 aromatic rings. The molecule has 6 heteroatoms. The van der Waals surface area contributed by atoms with Gasteiger partial charge in [0.15, 0.2) is 0 Å². The van der Waals surface area contributed by atoms with Crippen LogP contribution in [0.5, 0.6) is 0 Å². The minimum Gasteiger partial charge on any atom is -0.361 e. The van der Waals surface area contributed by atoms with Crippen molar-refractivity contribution in [1.82, 2.24) is 9.46 Å². The molecule has 0 spiro atoms. The number of hydrogen-bond acceptors (Lipinski definition) is 4. The Hall–Kier alpha value is -1.66. The molecule has 1 aliphatic carbocycles. The van der Waals surface area contributed by atoms with Crippen LogP contribution in [0, 0.1) is 6.92 Å². The molecule has 4 rings (SSSR count). The molecule has 0 bridgehead atoms. The van der Waals surface area contributed by atoms with Gasteiger partial charge in [0.1, 0.15) is 11.5 Å². The maximum absolute atomic E-state index is 13.1. The van der Waals surface area contributed by atoms with Gasteiger partial charge < -0.3 is 4.52 Å². The SMILES string of the molecule is Cc1cc([C@H]2CCCN2S(=O)(=O)c2ccc3c(c2)CCC3)no1. The van der Waals surface area contributed by atoms with Gasteiger partial charge in [-0.15, -0.1) is 0 Å². The normalized spacial score (nSPS) is 21.7. The van der Waals surface area contributed by atoms with Gasteiger partial charge in [-0.3, -0.25) is 0 Å². The van der Waals surface area contributed by atoms with Crippen LogP contribution in [0.3, 0.4) is 0 Å². The number of fused-ring (bicyclic) bond motifs is 1. The molecule has 0 unspecified atom stereocenters. The number of hydrogen-bond donors (Lipinski definition) is 0. The van der Waals surface area contributed by atoms with Crippen molar-refractivity contribution in [2.45, 2.75) is 50.0 Å². The van der Waals surface area contributed by atoms with E-state index in [0.29, 0.717) is 22.9 Å². The Morgan fingerprint density at radius 3 is 2.78 bits per heavy atom. The lowest BCUT2D eigenvalue weighted by molar-refractivity contribution is 0.349. The first kappa shape index (κ1) is 14.9. The highest BCUT2D eigenvalue weighted by molar-refractivity contribution is 7.89. The molecular weight excluding hydrogens is 312 g/mol. The van der Waals surface area contributed by atoms with E-state index in [1.54, 1.807) is 10.4 Å². The average Bonchev–Trinajstić information content (AvgIpc) is 3.26. The molecule has 23 heavy (non-hydrogen) atoms. The van der Waals surface area contributed by atoms with E-state index in [1.807, 2.05) is 25.1 Å². The third-order valence-corrected chi connectivity index (χ3v) is 6.77. The van der Waals surface area contributed by atoms with E-state index >= 15 is 0 Å². The molecule has 1 saturated heterocycles. The Morgan fingerprint density at radius 1 is 1.17 bits per heavy atom. The Morgan fingerprint density at radius 2 is 2.00 bits per heavy atom. The molecule has 1 aromatic carbocycles. The van der Waals surface area contributed by atoms with Crippen LogP contribution in [0.25, 0.3) is 0 Å². The van der Waals surface area contributed by atoms with E-state index in [0.717, 1.165) is 32.1 Å². The minimum absolute atomic E-state index is 0.217. The second-order valence-electron chi connectivity index (χ2n) is 6.42. The highest BCUT2D eigenvalue weighted by atomic mass is 32.2. The largest absolute Gasteiger partial charge is 0.361 e. The molecular formula is C17H20N2O3S. The van der Waals surface area contributed by atoms with E-state index in [9.17, 15) is 8.42 Å². The van der Waals surface area contributed by atoms with Crippen molar-refractivity contribution in [1.29, 1.82) is 0 Å². The van der Waals surface area contributed by atoms with Gasteiger partial charge in [-0.2, -0.15) is 4.31 Å². The first-order valence-corrected chi connectivity index (χ1v) is 9.56. The number of aromatic nitrogens is 1. The molecule has 2 heterocycles. The highest BCUT2D eigenvalue weighted by Gasteiger charge is 2.38. The third-order valence-electron chi connectivity index (χ3n) is 4.87. The van der Waals surface area contributed by atoms with Crippen LogP contribution in [-0.2, 0) is 22.9 Å². The molecule has 2 aliphatic rings. The Labute approximate surface area is 136 Å². The van der Waals surface area contributed by atoms with Crippen LogP contribution in [0.2, 0.25) is 0 Å². The summed E-state index contributed by atoms with van der Waals surface area (Å²) in [6, 6.07) is 7.21. The quantitative estimate of drug-likeness (QED) is 0.867. The van der Waals surface area contributed by atoms with Crippen LogP contribution in [0.1, 0.15) is 47.9 Å². The molecule has 1 atom stereocenters. The fourth-order valence-corrected chi connectivity index (χ4v) is 5.43. The monoisotopic (exact) mass is 332 g/mol. The number of aryl methyl sites for hydroxylation is 3. The summed E-state index contributed by atoms with van der Waals surface area (Å²) in [6.07, 6.45) is 4.78. The van der Waals surface area contributed by atoms with Gasteiger partial charge in [-0.05, 0) is 62.3 Å². The molecule has 0 saturated carbocycles. The van der Waals surface area contributed by atoms with Gasteiger partial charge in [0.05, 0.1) is 10.9 Å². The Kier molecular flexibility index (Phi) is 3.54. The zero-order valence-electron chi connectivity index (χ0n) is 13.2. The summed E-state index contributed by atoms with van der Waals surface area (Å²) in [5.41, 5.74) is 3.18. The van der Waals surface area contributed by atoms with Crippen molar-refractivity contribution < 1.29 is 12.9 Å². The topological polar surface area (TPSA) is 63.4 Å². The zero-order chi connectivity index (χ0) is 16.0. The van der Waals surface area contributed by atoms with E-state index in [1.165, 1.54) is 11.1 Å². The fourth-order valence-electron chi connectivity index (χ4n) is 3.71. The first-order chi connectivity index (χ1) is 11.1. The minimum atomic E-state index is -3.50. The molecule has 1 fully saturated rings.